The molecule has 3 aromatic rings. The van der Waals surface area contributed by atoms with Crippen molar-refractivity contribution in [3.8, 4) is 0 Å². The molecule has 0 bridgehead atoms. The summed E-state index contributed by atoms with van der Waals surface area (Å²) in [6.07, 6.45) is 0. The van der Waals surface area contributed by atoms with Gasteiger partial charge in [0, 0.05) is 5.02 Å². The van der Waals surface area contributed by atoms with Gasteiger partial charge < -0.3 is 4.90 Å². The third kappa shape index (κ3) is 2.94. The van der Waals surface area contributed by atoms with E-state index in [1.165, 1.54) is 0 Å². The Morgan fingerprint density at radius 1 is 0.857 bits per heavy atom. The maximum absolute atomic E-state index is 13.8. The van der Waals surface area contributed by atoms with Crippen molar-refractivity contribution in [3.05, 3.63) is 107 Å². The van der Waals surface area contributed by atoms with Crippen molar-refractivity contribution in [2.24, 2.45) is 0 Å². The third-order valence-electron chi connectivity index (χ3n) is 5.67. The first-order chi connectivity index (χ1) is 13.4. The lowest BCUT2D eigenvalue weighted by atomic mass is 9.90. The van der Waals surface area contributed by atoms with E-state index in [0.717, 1.165) is 16.7 Å². The van der Waals surface area contributed by atoms with Crippen LogP contribution in [0, 0.1) is 0 Å². The largest absolute Gasteiger partial charge is 0.312 e. The van der Waals surface area contributed by atoms with Crippen LogP contribution in [0.25, 0.3) is 0 Å². The number of hydrogen-bond donors (Lipinski definition) is 1. The molecule has 4 heteroatoms. The van der Waals surface area contributed by atoms with Crippen molar-refractivity contribution in [2.45, 2.75) is 30.2 Å². The predicted molar refractivity (Wildman–Crippen MR) is 118 cm³/mol. The third-order valence-corrected chi connectivity index (χ3v) is 6.92. The Bertz CT molecular complexity index is 949. The molecule has 1 heterocycles. The Kier molecular flexibility index (Phi) is 4.76. The fraction of sp³-hybridized carbons (Fsp3) is 0.208. The lowest BCUT2D eigenvalue weighted by Gasteiger charge is -2.20. The Labute approximate surface area is 176 Å². The Balaban J connectivity index is 1.76. The minimum absolute atomic E-state index is 0.0485. The second-order valence-electron chi connectivity index (χ2n) is 7.67. The number of carbonyl (C=O) groups excluding carboxylic acids is 1. The van der Waals surface area contributed by atoms with Crippen molar-refractivity contribution in [3.63, 3.8) is 0 Å². The zero-order valence-electron chi connectivity index (χ0n) is 15.8. The van der Waals surface area contributed by atoms with E-state index in [9.17, 15) is 4.79 Å². The molecule has 1 saturated heterocycles. The van der Waals surface area contributed by atoms with E-state index in [4.69, 9.17) is 24.2 Å². The first-order valence-corrected chi connectivity index (χ1v) is 10.1. The summed E-state index contributed by atoms with van der Waals surface area (Å²) < 4.78 is 0. The quantitative estimate of drug-likeness (QED) is 0.423. The minimum atomic E-state index is -0.670. The molecular formula is C24H22ClNOS. The fourth-order valence-corrected chi connectivity index (χ4v) is 4.74. The van der Waals surface area contributed by atoms with E-state index in [0.29, 0.717) is 5.02 Å². The molecule has 142 valence electrons. The van der Waals surface area contributed by atoms with Crippen LogP contribution in [-0.2, 0) is 9.67 Å². The summed E-state index contributed by atoms with van der Waals surface area (Å²) in [4.78, 5) is 15.0. The van der Waals surface area contributed by atoms with Crippen LogP contribution >= 0.6 is 24.2 Å². The van der Waals surface area contributed by atoms with Gasteiger partial charge in [0.25, 0.3) is 0 Å². The molecule has 1 atom stereocenters. The van der Waals surface area contributed by atoms with Gasteiger partial charge in [-0.15, -0.1) is 12.6 Å². The van der Waals surface area contributed by atoms with Gasteiger partial charge in [0.1, 0.15) is 4.87 Å². The lowest BCUT2D eigenvalue weighted by molar-refractivity contribution is -0.128. The molecule has 0 spiro atoms. The number of halogens is 1. The van der Waals surface area contributed by atoms with Crippen LogP contribution in [0.2, 0.25) is 5.02 Å². The molecule has 0 aliphatic carbocycles. The monoisotopic (exact) mass is 407 g/mol. The maximum Gasteiger partial charge on any atom is 0.236 e. The molecule has 3 aromatic carbocycles. The van der Waals surface area contributed by atoms with Crippen molar-refractivity contribution in [1.29, 1.82) is 0 Å². The van der Waals surface area contributed by atoms with Crippen molar-refractivity contribution >= 4 is 30.1 Å². The molecule has 0 saturated carbocycles. The summed E-state index contributed by atoms with van der Waals surface area (Å²) in [6.45, 7) is 4.11. The summed E-state index contributed by atoms with van der Waals surface area (Å²) in [7, 11) is 0. The van der Waals surface area contributed by atoms with E-state index in [-0.39, 0.29) is 11.8 Å². The molecule has 4 rings (SSSR count). The van der Waals surface area contributed by atoms with Gasteiger partial charge in [0.2, 0.25) is 5.91 Å². The molecule has 28 heavy (non-hydrogen) atoms. The molecule has 0 aromatic heterocycles. The summed E-state index contributed by atoms with van der Waals surface area (Å²) in [5.74, 6) is -0.324. The fourth-order valence-electron chi connectivity index (χ4n) is 4.06. The van der Waals surface area contributed by atoms with Crippen LogP contribution in [0.15, 0.2) is 84.9 Å². The van der Waals surface area contributed by atoms with Gasteiger partial charge in [-0.25, -0.2) is 0 Å². The number of hydrogen-bond acceptors (Lipinski definition) is 2. The van der Waals surface area contributed by atoms with Gasteiger partial charge in [-0.2, -0.15) is 0 Å². The molecule has 1 amide bonds. The zero-order chi connectivity index (χ0) is 19.9. The van der Waals surface area contributed by atoms with E-state index in [2.05, 4.69) is 13.8 Å². The number of rotatable bonds is 4. The van der Waals surface area contributed by atoms with E-state index >= 15 is 0 Å². The summed E-state index contributed by atoms with van der Waals surface area (Å²) in [6, 6.07) is 27.4. The molecule has 1 aliphatic rings. The van der Waals surface area contributed by atoms with Gasteiger partial charge in [-0.05, 0) is 42.7 Å². The number of nitrogens with zero attached hydrogens (tertiary/aromatic N) is 1. The average molecular weight is 408 g/mol. The molecule has 1 aliphatic heterocycles. The van der Waals surface area contributed by atoms with Crippen LogP contribution in [0.3, 0.4) is 0 Å². The summed E-state index contributed by atoms with van der Waals surface area (Å²) >= 11 is 11.0. The normalized spacial score (nSPS) is 20.2. The highest BCUT2D eigenvalue weighted by atomic mass is 35.5. The number of carbonyl (C=O) groups is 1. The molecule has 0 radical (unpaired) electrons. The smallest absolute Gasteiger partial charge is 0.236 e. The maximum atomic E-state index is 13.8. The Hall–Kier alpha value is -2.23. The number of benzene rings is 3. The molecule has 1 fully saturated rings. The molecule has 1 unspecified atom stereocenters. The summed E-state index contributed by atoms with van der Waals surface area (Å²) in [5, 5.41) is 0.670. The zero-order valence-corrected chi connectivity index (χ0v) is 17.5. The Morgan fingerprint density at radius 2 is 1.32 bits per heavy atom. The number of thiol groups is 1. The Morgan fingerprint density at radius 3 is 1.79 bits per heavy atom. The van der Waals surface area contributed by atoms with E-state index in [1.54, 1.807) is 0 Å². The number of amides is 1. The molecule has 0 N–H and O–H groups in total. The highest BCUT2D eigenvalue weighted by molar-refractivity contribution is 7.81. The highest BCUT2D eigenvalue weighted by Gasteiger charge is 2.71. The highest BCUT2D eigenvalue weighted by Crippen LogP contribution is 2.62. The topological polar surface area (TPSA) is 20.1 Å². The molecule has 2 nitrogen and oxygen atoms in total. The van der Waals surface area contributed by atoms with Gasteiger partial charge in [0.05, 0.1) is 11.5 Å². The van der Waals surface area contributed by atoms with Gasteiger partial charge in [-0.1, -0.05) is 84.4 Å². The van der Waals surface area contributed by atoms with Crippen LogP contribution in [0.1, 0.15) is 36.5 Å². The second kappa shape index (κ2) is 6.98. The van der Waals surface area contributed by atoms with Crippen LogP contribution in [0.4, 0.5) is 0 Å². The first-order valence-electron chi connectivity index (χ1n) is 9.30. The first kappa shape index (κ1) is 19.1. The van der Waals surface area contributed by atoms with Crippen molar-refractivity contribution in [2.75, 3.05) is 0 Å². The van der Waals surface area contributed by atoms with Crippen molar-refractivity contribution < 1.29 is 4.79 Å². The lowest BCUT2D eigenvalue weighted by Crippen LogP contribution is -2.26. The van der Waals surface area contributed by atoms with Crippen LogP contribution < -0.4 is 0 Å². The van der Waals surface area contributed by atoms with Crippen LogP contribution in [-0.4, -0.2) is 16.3 Å². The molecular weight excluding hydrogens is 386 g/mol. The SMILES string of the molecule is CC1(C)N(C(=O)C(c2ccccc2)c2ccccc2)C1(S)c1ccc(Cl)cc1. The minimum Gasteiger partial charge on any atom is -0.312 e. The van der Waals surface area contributed by atoms with Gasteiger partial charge in [0.15, 0.2) is 0 Å². The van der Waals surface area contributed by atoms with E-state index < -0.39 is 10.4 Å². The van der Waals surface area contributed by atoms with Gasteiger partial charge in [-0.3, -0.25) is 4.79 Å². The van der Waals surface area contributed by atoms with Crippen LogP contribution in [0.5, 0.6) is 0 Å². The van der Waals surface area contributed by atoms with E-state index in [1.807, 2.05) is 89.8 Å². The standard InChI is InChI=1S/C24H22ClNOS/c1-23(2)24(28,19-13-15-20(25)16-14-19)26(23)22(27)21(17-9-5-3-6-10-17)18-11-7-4-8-12-18/h3-16,21,28H,1-2H3. The summed E-state index contributed by atoms with van der Waals surface area (Å²) in [5.41, 5.74) is 2.52. The second-order valence-corrected chi connectivity index (χ2v) is 8.75. The predicted octanol–water partition coefficient (Wildman–Crippen LogP) is 5.88. The van der Waals surface area contributed by atoms with Crippen molar-refractivity contribution in [1.82, 2.24) is 4.90 Å². The average Bonchev–Trinajstić information content (AvgIpc) is 3.17. The van der Waals surface area contributed by atoms with Gasteiger partial charge >= 0.3 is 0 Å².